The number of rotatable bonds is 7. The molecule has 340 valence electrons. The number of phenolic OH excluding ortho intramolecular Hbond substituents is 1. The zero-order valence-electron chi connectivity index (χ0n) is 37.5. The summed E-state index contributed by atoms with van der Waals surface area (Å²) in [5.74, 6) is -5.86. The highest BCUT2D eigenvalue weighted by Gasteiger charge is 2.56. The van der Waals surface area contributed by atoms with E-state index in [2.05, 4.69) is 19.1 Å². The van der Waals surface area contributed by atoms with Gasteiger partial charge >= 0.3 is 5.97 Å². The second-order valence-corrected chi connectivity index (χ2v) is 18.4. The Balaban J connectivity index is 1.48. The Kier molecular flexibility index (Phi) is 17.2. The van der Waals surface area contributed by atoms with Crippen molar-refractivity contribution in [2.45, 2.75) is 167 Å². The molecule has 4 aliphatic rings. The van der Waals surface area contributed by atoms with Crippen LogP contribution in [0.4, 0.5) is 0 Å². The number of carbonyl (C=O) groups is 4. The number of aliphatic hydroxyl groups is 2. The van der Waals surface area contributed by atoms with Crippen LogP contribution in [0.15, 0.2) is 47.6 Å². The van der Waals surface area contributed by atoms with Gasteiger partial charge in [-0.25, -0.2) is 4.79 Å². The van der Waals surface area contributed by atoms with Gasteiger partial charge in [0.05, 0.1) is 18.3 Å². The number of hydrogen-bond donors (Lipinski definition) is 3. The number of phenols is 1. The molecule has 3 N–H and O–H groups in total. The van der Waals surface area contributed by atoms with Crippen molar-refractivity contribution in [1.29, 1.82) is 0 Å². The number of esters is 1. The van der Waals surface area contributed by atoms with Crippen LogP contribution in [0.5, 0.6) is 11.5 Å². The molecule has 0 spiro atoms. The van der Waals surface area contributed by atoms with E-state index < -0.39 is 72.0 Å². The Morgan fingerprint density at radius 2 is 1.62 bits per heavy atom. The highest BCUT2D eigenvalue weighted by molar-refractivity contribution is 6.39. The van der Waals surface area contributed by atoms with Gasteiger partial charge in [0.2, 0.25) is 5.79 Å². The van der Waals surface area contributed by atoms with Gasteiger partial charge in [0.1, 0.15) is 41.6 Å². The maximum Gasteiger partial charge on any atom is 0.329 e. The number of benzene rings is 1. The number of methoxy groups -OCH3 is 2. The molecule has 0 aromatic heterocycles. The summed E-state index contributed by atoms with van der Waals surface area (Å²) in [7, 11) is 3.09. The molecule has 13 atom stereocenters. The standard InChI is InChI=1S/C48H71NO12/c1-9-34-23-28(2)22-29(3)24-41(57-7)44-42(58-8)26-32(6)48(56,61-44)45(53)46(54)49-21-11-10-12-37(49)47(55)60-43(30(4)13-19-38(34)51)31(5)25-33-14-20-39(52)40(27-33)59-36-17-15-35(50)16-18-36/h15-18,23,25,29-30,32-34,37,39-44,50,52,56H,9-14,19-22,24,26-27H2,1-8H3/b28-23+,31-25?. The van der Waals surface area contributed by atoms with E-state index >= 15 is 0 Å². The van der Waals surface area contributed by atoms with Crippen LogP contribution < -0.4 is 4.74 Å². The summed E-state index contributed by atoms with van der Waals surface area (Å²) in [6.45, 7) is 11.8. The fourth-order valence-electron chi connectivity index (χ4n) is 9.97. The predicted octanol–water partition coefficient (Wildman–Crippen LogP) is 6.64. The maximum absolute atomic E-state index is 14.4. The normalized spacial score (nSPS) is 37.8. The average molecular weight is 854 g/mol. The first-order valence-corrected chi connectivity index (χ1v) is 22.5. The zero-order valence-corrected chi connectivity index (χ0v) is 37.5. The van der Waals surface area contributed by atoms with Gasteiger partial charge in [-0.05, 0) is 132 Å². The third-order valence-electron chi connectivity index (χ3n) is 13.6. The number of aromatic hydroxyl groups is 1. The number of nitrogens with zero attached hydrogens (tertiary/aromatic N) is 1. The second kappa shape index (κ2) is 21.6. The topological polar surface area (TPSA) is 178 Å². The van der Waals surface area contributed by atoms with E-state index in [1.807, 2.05) is 27.7 Å². The van der Waals surface area contributed by atoms with Crippen LogP contribution >= 0.6 is 0 Å². The quantitative estimate of drug-likeness (QED) is 0.152. The molecule has 13 unspecified atom stereocenters. The Labute approximate surface area is 362 Å². The van der Waals surface area contributed by atoms with Crippen molar-refractivity contribution < 1.29 is 58.2 Å². The third kappa shape index (κ3) is 11.9. The summed E-state index contributed by atoms with van der Waals surface area (Å²) in [5.41, 5.74) is 1.84. The molecule has 3 heterocycles. The molecule has 2 bridgehead atoms. The van der Waals surface area contributed by atoms with Crippen LogP contribution in [-0.2, 0) is 38.1 Å². The number of ketones is 2. The molecule has 3 aliphatic heterocycles. The first-order valence-electron chi connectivity index (χ1n) is 22.5. The first-order chi connectivity index (χ1) is 29.0. The molecular weight excluding hydrogens is 783 g/mol. The van der Waals surface area contributed by atoms with Crippen molar-refractivity contribution in [2.75, 3.05) is 20.8 Å². The average Bonchev–Trinajstić information content (AvgIpc) is 3.24. The number of hydrogen-bond acceptors (Lipinski definition) is 12. The van der Waals surface area contributed by atoms with E-state index in [1.165, 1.54) is 17.0 Å². The molecule has 1 saturated carbocycles. The zero-order chi connectivity index (χ0) is 44.6. The fraction of sp³-hybridized carbons (Fsp3) is 0.708. The van der Waals surface area contributed by atoms with Crippen molar-refractivity contribution in [3.63, 3.8) is 0 Å². The highest BCUT2D eigenvalue weighted by Crippen LogP contribution is 2.39. The number of Topliss-reactive ketones (excluding diaryl/α,β-unsaturated/α-hetero) is 2. The van der Waals surface area contributed by atoms with Gasteiger partial charge in [0.15, 0.2) is 0 Å². The van der Waals surface area contributed by atoms with Gasteiger partial charge < -0.3 is 43.9 Å². The van der Waals surface area contributed by atoms with Gasteiger partial charge in [-0.15, -0.1) is 0 Å². The van der Waals surface area contributed by atoms with Crippen LogP contribution in [0.1, 0.15) is 119 Å². The van der Waals surface area contributed by atoms with Gasteiger partial charge in [-0.3, -0.25) is 14.4 Å². The number of piperidine rings is 1. The monoisotopic (exact) mass is 853 g/mol. The van der Waals surface area contributed by atoms with E-state index in [0.717, 1.165) is 11.1 Å². The van der Waals surface area contributed by atoms with E-state index in [9.17, 15) is 34.5 Å². The molecule has 3 fully saturated rings. The Morgan fingerprint density at radius 1 is 0.934 bits per heavy atom. The number of ether oxygens (including phenoxy) is 5. The van der Waals surface area contributed by atoms with Gasteiger partial charge in [0, 0.05) is 39.0 Å². The fourth-order valence-corrected chi connectivity index (χ4v) is 9.97. The lowest BCUT2D eigenvalue weighted by Crippen LogP contribution is -2.64. The lowest BCUT2D eigenvalue weighted by molar-refractivity contribution is -0.302. The smallest absolute Gasteiger partial charge is 0.329 e. The van der Waals surface area contributed by atoms with Crippen LogP contribution in [0.25, 0.3) is 0 Å². The minimum absolute atomic E-state index is 0.0222. The van der Waals surface area contributed by atoms with Crippen molar-refractivity contribution in [2.24, 2.45) is 29.6 Å². The molecule has 0 radical (unpaired) electrons. The van der Waals surface area contributed by atoms with Crippen LogP contribution in [-0.4, -0.2) is 113 Å². The summed E-state index contributed by atoms with van der Waals surface area (Å²) in [5, 5.41) is 32.7. The third-order valence-corrected chi connectivity index (χ3v) is 13.6. The van der Waals surface area contributed by atoms with Crippen molar-refractivity contribution >= 4 is 23.4 Å². The minimum Gasteiger partial charge on any atom is -0.508 e. The highest BCUT2D eigenvalue weighted by atomic mass is 16.7. The number of amides is 1. The number of fused-ring (bicyclic) bond motifs is 3. The Bertz CT molecular complexity index is 1730. The van der Waals surface area contributed by atoms with Crippen molar-refractivity contribution in [3.05, 3.63) is 47.6 Å². The number of allylic oxidation sites excluding steroid dienone is 3. The van der Waals surface area contributed by atoms with Crippen molar-refractivity contribution in [3.8, 4) is 11.5 Å². The van der Waals surface area contributed by atoms with E-state index in [-0.39, 0.29) is 61.0 Å². The lowest BCUT2D eigenvalue weighted by Gasteiger charge is -2.47. The molecular formula is C48H71NO12. The molecule has 1 amide bonds. The number of cyclic esters (lactones) is 1. The van der Waals surface area contributed by atoms with Crippen LogP contribution in [0.2, 0.25) is 0 Å². The molecule has 61 heavy (non-hydrogen) atoms. The second-order valence-electron chi connectivity index (χ2n) is 18.4. The van der Waals surface area contributed by atoms with Crippen LogP contribution in [0.3, 0.4) is 0 Å². The van der Waals surface area contributed by atoms with Gasteiger partial charge in [-0.2, -0.15) is 0 Å². The molecule has 2 saturated heterocycles. The summed E-state index contributed by atoms with van der Waals surface area (Å²) in [6.07, 6.45) is 6.11. The molecule has 1 aliphatic carbocycles. The molecule has 5 rings (SSSR count). The maximum atomic E-state index is 14.4. The molecule has 13 nitrogen and oxygen atoms in total. The SMILES string of the molecule is CCC1/C=C(\C)CC(C)CC(OC)C2OC(O)(C(=O)C(=O)N3CCCCC3C(=O)OC(C(C)=CC3CCC(O)C(Oc4ccc(O)cc4)C3)C(C)CCC1=O)C(C)CC2OC. The molecule has 13 heteroatoms. The van der Waals surface area contributed by atoms with Crippen LogP contribution in [0, 0.1) is 29.6 Å². The van der Waals surface area contributed by atoms with Crippen molar-refractivity contribution in [1.82, 2.24) is 4.90 Å². The first kappa shape index (κ1) is 48.4. The number of carbonyl (C=O) groups excluding carboxylic acids is 4. The van der Waals surface area contributed by atoms with Gasteiger partial charge in [0.25, 0.3) is 11.7 Å². The molecule has 1 aromatic carbocycles. The van der Waals surface area contributed by atoms with E-state index in [4.69, 9.17) is 23.7 Å². The minimum atomic E-state index is -2.49. The Hall–Kier alpha value is -3.62. The Morgan fingerprint density at radius 3 is 2.30 bits per heavy atom. The van der Waals surface area contributed by atoms with E-state index in [0.29, 0.717) is 63.5 Å². The lowest BCUT2D eigenvalue weighted by atomic mass is 9.82. The number of aliphatic hydroxyl groups excluding tert-OH is 1. The summed E-state index contributed by atoms with van der Waals surface area (Å²) < 4.78 is 30.6. The van der Waals surface area contributed by atoms with E-state index in [1.54, 1.807) is 33.3 Å². The summed E-state index contributed by atoms with van der Waals surface area (Å²) in [6, 6.07) is 5.29. The predicted molar refractivity (Wildman–Crippen MR) is 228 cm³/mol. The summed E-state index contributed by atoms with van der Waals surface area (Å²) >= 11 is 0. The van der Waals surface area contributed by atoms with Gasteiger partial charge in [-0.1, -0.05) is 45.4 Å². The molecule has 1 aromatic rings. The largest absolute Gasteiger partial charge is 0.508 e. The summed E-state index contributed by atoms with van der Waals surface area (Å²) in [4.78, 5) is 58.1.